The molecule has 7 heteroatoms. The minimum absolute atomic E-state index is 0.126. The molecule has 1 aromatic heterocycles. The van der Waals surface area contributed by atoms with Crippen LogP contribution in [0.4, 0.5) is 18.9 Å². The minimum atomic E-state index is -4.41. The first-order valence-corrected chi connectivity index (χ1v) is 6.76. The van der Waals surface area contributed by atoms with Crippen molar-refractivity contribution in [3.05, 3.63) is 65.5 Å². The Morgan fingerprint density at radius 1 is 1.04 bits per heavy atom. The van der Waals surface area contributed by atoms with Gasteiger partial charge in [0.15, 0.2) is 0 Å². The van der Waals surface area contributed by atoms with Crippen molar-refractivity contribution in [1.29, 1.82) is 0 Å². The summed E-state index contributed by atoms with van der Waals surface area (Å²) in [5.74, 6) is 0.448. The third kappa shape index (κ3) is 3.50. The second-order valence-electron chi connectivity index (χ2n) is 5.01. The molecule has 2 aromatic carbocycles. The van der Waals surface area contributed by atoms with Crippen molar-refractivity contribution in [3.8, 4) is 11.4 Å². The van der Waals surface area contributed by atoms with Crippen molar-refractivity contribution in [2.75, 3.05) is 5.73 Å². The van der Waals surface area contributed by atoms with Crippen LogP contribution in [0.3, 0.4) is 0 Å². The number of benzene rings is 2. The summed E-state index contributed by atoms with van der Waals surface area (Å²) in [7, 11) is 0. The van der Waals surface area contributed by atoms with Crippen LogP contribution in [0.1, 0.15) is 17.0 Å². The van der Waals surface area contributed by atoms with E-state index in [1.54, 1.807) is 12.1 Å². The molecule has 3 aromatic rings. The molecule has 0 radical (unpaired) electrons. The largest absolute Gasteiger partial charge is 0.416 e. The summed E-state index contributed by atoms with van der Waals surface area (Å²) in [5.41, 5.74) is 6.67. The number of alkyl halides is 3. The molecular formula is C16H12F3N3O. The van der Waals surface area contributed by atoms with E-state index in [9.17, 15) is 13.2 Å². The van der Waals surface area contributed by atoms with Crippen LogP contribution in [-0.4, -0.2) is 10.1 Å². The third-order valence-corrected chi connectivity index (χ3v) is 3.25. The summed E-state index contributed by atoms with van der Waals surface area (Å²) < 4.78 is 43.3. The lowest BCUT2D eigenvalue weighted by Crippen LogP contribution is -2.04. The van der Waals surface area contributed by atoms with Crippen LogP contribution in [-0.2, 0) is 12.6 Å². The molecule has 0 amide bonds. The molecular weight excluding hydrogens is 307 g/mol. The highest BCUT2D eigenvalue weighted by molar-refractivity contribution is 5.55. The molecule has 4 nitrogen and oxygen atoms in total. The third-order valence-electron chi connectivity index (χ3n) is 3.25. The number of hydrogen-bond donors (Lipinski definition) is 1. The number of hydrogen-bond acceptors (Lipinski definition) is 4. The Kier molecular flexibility index (Phi) is 3.77. The van der Waals surface area contributed by atoms with Crippen molar-refractivity contribution < 1.29 is 17.7 Å². The summed E-state index contributed by atoms with van der Waals surface area (Å²) in [4.78, 5) is 4.15. The zero-order valence-corrected chi connectivity index (χ0v) is 11.8. The number of rotatable bonds is 3. The van der Waals surface area contributed by atoms with Crippen LogP contribution in [0.5, 0.6) is 0 Å². The van der Waals surface area contributed by atoms with Crippen LogP contribution in [0.25, 0.3) is 11.4 Å². The Hall–Kier alpha value is -2.83. The van der Waals surface area contributed by atoms with Gasteiger partial charge in [0.2, 0.25) is 11.7 Å². The molecule has 0 saturated heterocycles. The molecule has 0 unspecified atom stereocenters. The number of halogens is 3. The van der Waals surface area contributed by atoms with Gasteiger partial charge in [-0.25, -0.2) is 0 Å². The average molecular weight is 319 g/mol. The van der Waals surface area contributed by atoms with Gasteiger partial charge in [0, 0.05) is 11.3 Å². The Bertz CT molecular complexity index is 810. The molecule has 0 aliphatic carbocycles. The van der Waals surface area contributed by atoms with Crippen molar-refractivity contribution in [2.45, 2.75) is 12.6 Å². The van der Waals surface area contributed by atoms with Crippen molar-refractivity contribution in [2.24, 2.45) is 0 Å². The number of nitrogens with two attached hydrogens (primary N) is 1. The zero-order chi connectivity index (χ0) is 16.4. The molecule has 2 N–H and O–H groups in total. The standard InChI is InChI=1S/C16H12F3N3O/c17-16(18,19)12-3-1-2-11(9-12)15-21-14(23-22-15)8-10-4-6-13(20)7-5-10/h1-7,9H,8,20H2. The topological polar surface area (TPSA) is 64.9 Å². The highest BCUT2D eigenvalue weighted by Crippen LogP contribution is 2.31. The van der Waals surface area contributed by atoms with Gasteiger partial charge < -0.3 is 10.3 Å². The first-order valence-electron chi connectivity index (χ1n) is 6.76. The van der Waals surface area contributed by atoms with Crippen LogP contribution in [0, 0.1) is 0 Å². The zero-order valence-electron chi connectivity index (χ0n) is 11.8. The summed E-state index contributed by atoms with van der Waals surface area (Å²) in [6, 6.07) is 12.0. The highest BCUT2D eigenvalue weighted by atomic mass is 19.4. The quantitative estimate of drug-likeness (QED) is 0.743. The van der Waals surface area contributed by atoms with E-state index < -0.39 is 11.7 Å². The summed E-state index contributed by atoms with van der Waals surface area (Å²) in [6.45, 7) is 0. The molecule has 0 spiro atoms. The number of nitrogen functional groups attached to an aromatic ring is 1. The van der Waals surface area contributed by atoms with Gasteiger partial charge in [-0.15, -0.1) is 0 Å². The predicted octanol–water partition coefficient (Wildman–Crippen LogP) is 3.93. The van der Waals surface area contributed by atoms with Gasteiger partial charge in [0.1, 0.15) is 0 Å². The molecule has 118 valence electrons. The van der Waals surface area contributed by atoms with E-state index in [1.807, 2.05) is 12.1 Å². The molecule has 0 aliphatic rings. The van der Waals surface area contributed by atoms with Crippen molar-refractivity contribution in [3.63, 3.8) is 0 Å². The van der Waals surface area contributed by atoms with Gasteiger partial charge in [0.05, 0.1) is 12.0 Å². The van der Waals surface area contributed by atoms with Crippen LogP contribution in [0.2, 0.25) is 0 Å². The van der Waals surface area contributed by atoms with E-state index in [4.69, 9.17) is 10.3 Å². The minimum Gasteiger partial charge on any atom is -0.399 e. The van der Waals surface area contributed by atoms with Crippen LogP contribution in [0.15, 0.2) is 53.1 Å². The first kappa shape index (κ1) is 15.1. The van der Waals surface area contributed by atoms with Gasteiger partial charge in [-0.3, -0.25) is 0 Å². The average Bonchev–Trinajstić information content (AvgIpc) is 2.97. The molecule has 0 saturated carbocycles. The second kappa shape index (κ2) is 5.75. The Morgan fingerprint density at radius 2 is 1.78 bits per heavy atom. The van der Waals surface area contributed by atoms with Crippen molar-refractivity contribution >= 4 is 5.69 Å². The molecule has 0 atom stereocenters. The molecule has 0 fully saturated rings. The SMILES string of the molecule is Nc1ccc(Cc2nc(-c3cccc(C(F)(F)F)c3)no2)cc1. The summed E-state index contributed by atoms with van der Waals surface area (Å²) in [6.07, 6.45) is -4.03. The van der Waals surface area contributed by atoms with Crippen LogP contribution >= 0.6 is 0 Å². The van der Waals surface area contributed by atoms with Gasteiger partial charge in [-0.1, -0.05) is 29.4 Å². The molecule has 0 bridgehead atoms. The summed E-state index contributed by atoms with van der Waals surface area (Å²) in [5, 5.41) is 3.75. The van der Waals surface area contributed by atoms with Gasteiger partial charge >= 0.3 is 6.18 Å². The van der Waals surface area contributed by atoms with E-state index in [1.165, 1.54) is 12.1 Å². The van der Waals surface area contributed by atoms with Gasteiger partial charge in [0.25, 0.3) is 0 Å². The fourth-order valence-corrected chi connectivity index (χ4v) is 2.09. The highest BCUT2D eigenvalue weighted by Gasteiger charge is 2.30. The fraction of sp³-hybridized carbons (Fsp3) is 0.125. The maximum atomic E-state index is 12.7. The predicted molar refractivity (Wildman–Crippen MR) is 78.4 cm³/mol. The Balaban J connectivity index is 1.83. The molecule has 3 rings (SSSR count). The van der Waals surface area contributed by atoms with Crippen molar-refractivity contribution in [1.82, 2.24) is 10.1 Å². The Labute approximate surface area is 129 Å². The van der Waals surface area contributed by atoms with E-state index in [-0.39, 0.29) is 11.4 Å². The first-order chi connectivity index (χ1) is 10.9. The fourth-order valence-electron chi connectivity index (χ4n) is 2.09. The smallest absolute Gasteiger partial charge is 0.399 e. The van der Waals surface area contributed by atoms with Gasteiger partial charge in [-0.2, -0.15) is 18.2 Å². The van der Waals surface area contributed by atoms with E-state index in [2.05, 4.69) is 10.1 Å². The number of aromatic nitrogens is 2. The number of anilines is 1. The maximum Gasteiger partial charge on any atom is 0.416 e. The summed E-state index contributed by atoms with van der Waals surface area (Å²) >= 11 is 0. The normalized spacial score (nSPS) is 11.6. The monoisotopic (exact) mass is 319 g/mol. The van der Waals surface area contributed by atoms with E-state index >= 15 is 0 Å². The lowest BCUT2D eigenvalue weighted by Gasteiger charge is -2.06. The van der Waals surface area contributed by atoms with Gasteiger partial charge in [-0.05, 0) is 29.8 Å². The molecule has 23 heavy (non-hydrogen) atoms. The second-order valence-corrected chi connectivity index (χ2v) is 5.01. The lowest BCUT2D eigenvalue weighted by molar-refractivity contribution is -0.137. The van der Waals surface area contributed by atoms with E-state index in [0.29, 0.717) is 18.0 Å². The van der Waals surface area contributed by atoms with E-state index in [0.717, 1.165) is 17.7 Å². The van der Waals surface area contributed by atoms with Crippen LogP contribution < -0.4 is 5.73 Å². The molecule has 1 heterocycles. The Morgan fingerprint density at radius 3 is 2.48 bits per heavy atom. The number of nitrogens with zero attached hydrogens (tertiary/aromatic N) is 2. The molecule has 0 aliphatic heterocycles. The maximum absolute atomic E-state index is 12.7. The lowest BCUT2D eigenvalue weighted by atomic mass is 10.1.